The molecular formula is C19H30F2N4O. The van der Waals surface area contributed by atoms with Crippen molar-refractivity contribution in [2.24, 2.45) is 4.99 Å². The summed E-state index contributed by atoms with van der Waals surface area (Å²) in [5.74, 6) is -0.327. The first-order valence-corrected chi connectivity index (χ1v) is 9.39. The molecule has 5 nitrogen and oxygen atoms in total. The summed E-state index contributed by atoms with van der Waals surface area (Å²) in [7, 11) is 1.72. The van der Waals surface area contributed by atoms with Crippen LogP contribution >= 0.6 is 0 Å². The molecule has 0 aromatic heterocycles. The molecule has 0 saturated carbocycles. The SMILES string of the molecule is CCCCOCCCNC(=NC)NC1CCN(c2c(F)cccc2F)C1. The normalized spacial score (nSPS) is 17.6. The molecule has 1 aliphatic rings. The molecule has 1 unspecified atom stereocenters. The molecule has 0 aliphatic carbocycles. The van der Waals surface area contributed by atoms with Gasteiger partial charge >= 0.3 is 0 Å². The van der Waals surface area contributed by atoms with Crippen LogP contribution in [0.1, 0.15) is 32.6 Å². The minimum atomic E-state index is -0.517. The van der Waals surface area contributed by atoms with Crippen molar-refractivity contribution in [1.82, 2.24) is 10.6 Å². The Kier molecular flexibility index (Phi) is 8.61. The Morgan fingerprint density at radius 2 is 2.00 bits per heavy atom. The van der Waals surface area contributed by atoms with E-state index in [9.17, 15) is 8.78 Å². The van der Waals surface area contributed by atoms with E-state index in [-0.39, 0.29) is 11.7 Å². The maximum Gasteiger partial charge on any atom is 0.191 e. The standard InChI is InChI=1S/C19H30F2N4O/c1-3-4-12-26-13-6-10-23-19(22-2)24-15-9-11-25(14-15)18-16(20)7-5-8-17(18)21/h5,7-8,15H,3-4,6,9-14H2,1-2H3,(H2,22,23,24). The second kappa shape index (κ2) is 11.0. The van der Waals surface area contributed by atoms with Gasteiger partial charge in [0.1, 0.15) is 17.3 Å². The van der Waals surface area contributed by atoms with Crippen molar-refractivity contribution in [3.63, 3.8) is 0 Å². The monoisotopic (exact) mass is 368 g/mol. The molecule has 1 aliphatic heterocycles. The molecule has 1 atom stereocenters. The van der Waals surface area contributed by atoms with Gasteiger partial charge in [0.25, 0.3) is 0 Å². The number of rotatable bonds is 9. The van der Waals surface area contributed by atoms with Gasteiger partial charge in [-0.25, -0.2) is 8.78 Å². The number of anilines is 1. The van der Waals surface area contributed by atoms with Crippen molar-refractivity contribution in [1.29, 1.82) is 0 Å². The minimum absolute atomic E-state index is 0.0592. The second-order valence-electron chi connectivity index (χ2n) is 6.46. The number of nitrogens with zero attached hydrogens (tertiary/aromatic N) is 2. The molecule has 7 heteroatoms. The zero-order valence-corrected chi connectivity index (χ0v) is 15.7. The molecule has 1 saturated heterocycles. The highest BCUT2D eigenvalue weighted by Gasteiger charge is 2.27. The van der Waals surface area contributed by atoms with Crippen LogP contribution in [0, 0.1) is 11.6 Å². The molecule has 2 rings (SSSR count). The van der Waals surface area contributed by atoms with Crippen LogP contribution in [0.15, 0.2) is 23.2 Å². The van der Waals surface area contributed by atoms with Crippen molar-refractivity contribution in [3.8, 4) is 0 Å². The smallest absolute Gasteiger partial charge is 0.191 e. The molecule has 0 amide bonds. The predicted molar refractivity (Wildman–Crippen MR) is 102 cm³/mol. The van der Waals surface area contributed by atoms with Crippen LogP contribution in [0.4, 0.5) is 14.5 Å². The van der Waals surface area contributed by atoms with Crippen LogP contribution in [0.3, 0.4) is 0 Å². The van der Waals surface area contributed by atoms with Gasteiger partial charge in [-0.05, 0) is 31.4 Å². The number of ether oxygens (including phenoxy) is 1. The van der Waals surface area contributed by atoms with Gasteiger partial charge in [-0.15, -0.1) is 0 Å². The van der Waals surface area contributed by atoms with Crippen molar-refractivity contribution < 1.29 is 13.5 Å². The van der Waals surface area contributed by atoms with E-state index in [1.54, 1.807) is 11.9 Å². The Labute approximate surface area is 154 Å². The van der Waals surface area contributed by atoms with E-state index in [2.05, 4.69) is 22.5 Å². The van der Waals surface area contributed by atoms with Crippen LogP contribution in [0.2, 0.25) is 0 Å². The highest BCUT2D eigenvalue weighted by atomic mass is 19.1. The minimum Gasteiger partial charge on any atom is -0.381 e. The van der Waals surface area contributed by atoms with Crippen LogP contribution in [0.25, 0.3) is 0 Å². The van der Waals surface area contributed by atoms with Crippen LogP contribution in [-0.2, 0) is 4.74 Å². The van der Waals surface area contributed by atoms with Crippen LogP contribution < -0.4 is 15.5 Å². The van der Waals surface area contributed by atoms with Gasteiger partial charge in [0.05, 0.1) is 0 Å². The largest absolute Gasteiger partial charge is 0.381 e. The maximum atomic E-state index is 13.9. The molecule has 1 aromatic rings. The van der Waals surface area contributed by atoms with E-state index < -0.39 is 11.6 Å². The van der Waals surface area contributed by atoms with Crippen molar-refractivity contribution in [2.75, 3.05) is 44.8 Å². The summed E-state index contributed by atoms with van der Waals surface area (Å²) >= 11 is 0. The lowest BCUT2D eigenvalue weighted by molar-refractivity contribution is 0.129. The average Bonchev–Trinajstić information content (AvgIpc) is 3.08. The highest BCUT2D eigenvalue weighted by Crippen LogP contribution is 2.26. The molecule has 1 fully saturated rings. The van der Waals surface area contributed by atoms with Crippen molar-refractivity contribution >= 4 is 11.6 Å². The second-order valence-corrected chi connectivity index (χ2v) is 6.46. The number of unbranched alkanes of at least 4 members (excludes halogenated alkanes) is 1. The highest BCUT2D eigenvalue weighted by molar-refractivity contribution is 5.80. The molecule has 26 heavy (non-hydrogen) atoms. The summed E-state index contributed by atoms with van der Waals surface area (Å²) in [6.07, 6.45) is 3.94. The first kappa shape index (κ1) is 20.4. The fourth-order valence-corrected chi connectivity index (χ4v) is 2.99. The zero-order chi connectivity index (χ0) is 18.8. The lowest BCUT2D eigenvalue weighted by Gasteiger charge is -2.21. The third-order valence-corrected chi connectivity index (χ3v) is 4.41. The molecule has 0 bridgehead atoms. The Bertz CT molecular complexity index is 562. The number of nitrogens with one attached hydrogen (secondary N) is 2. The lowest BCUT2D eigenvalue weighted by atomic mass is 10.2. The number of hydrogen-bond acceptors (Lipinski definition) is 3. The Balaban J connectivity index is 1.73. The summed E-state index contributed by atoms with van der Waals surface area (Å²) in [6.45, 7) is 5.60. The van der Waals surface area contributed by atoms with E-state index in [0.29, 0.717) is 19.0 Å². The average molecular weight is 368 g/mol. The molecule has 146 valence electrons. The fourth-order valence-electron chi connectivity index (χ4n) is 2.99. The molecule has 1 heterocycles. The van der Waals surface area contributed by atoms with Crippen LogP contribution in [-0.4, -0.2) is 51.9 Å². The number of halogens is 2. The number of benzene rings is 1. The van der Waals surface area contributed by atoms with Crippen LogP contribution in [0.5, 0.6) is 0 Å². The number of aliphatic imine (C=N–C) groups is 1. The van der Waals surface area contributed by atoms with Crippen molar-refractivity contribution in [3.05, 3.63) is 29.8 Å². The van der Waals surface area contributed by atoms with E-state index in [0.717, 1.165) is 45.4 Å². The number of guanidine groups is 1. The van der Waals surface area contributed by atoms with Gasteiger partial charge in [0, 0.05) is 45.9 Å². The van der Waals surface area contributed by atoms with Crippen molar-refractivity contribution in [2.45, 2.75) is 38.6 Å². The van der Waals surface area contributed by atoms with Gasteiger partial charge < -0.3 is 20.3 Å². The number of para-hydroxylation sites is 1. The third-order valence-electron chi connectivity index (χ3n) is 4.41. The summed E-state index contributed by atoms with van der Waals surface area (Å²) in [4.78, 5) is 5.97. The summed E-state index contributed by atoms with van der Waals surface area (Å²) in [5, 5.41) is 6.58. The van der Waals surface area contributed by atoms with Gasteiger partial charge in [-0.1, -0.05) is 19.4 Å². The number of hydrogen-bond donors (Lipinski definition) is 2. The van der Waals surface area contributed by atoms with E-state index >= 15 is 0 Å². The van der Waals surface area contributed by atoms with Gasteiger partial charge in [0.2, 0.25) is 0 Å². The fraction of sp³-hybridized carbons (Fsp3) is 0.632. The molecule has 2 N–H and O–H groups in total. The quantitative estimate of drug-likeness (QED) is 0.400. The predicted octanol–water partition coefficient (Wildman–Crippen LogP) is 2.92. The van der Waals surface area contributed by atoms with Gasteiger partial charge in [-0.3, -0.25) is 4.99 Å². The summed E-state index contributed by atoms with van der Waals surface area (Å²) in [6, 6.07) is 4.07. The van der Waals surface area contributed by atoms with E-state index in [4.69, 9.17) is 4.74 Å². The first-order chi connectivity index (χ1) is 12.7. The third kappa shape index (κ3) is 6.12. The first-order valence-electron chi connectivity index (χ1n) is 9.39. The molecular weight excluding hydrogens is 338 g/mol. The Hall–Kier alpha value is -1.89. The molecule has 1 aromatic carbocycles. The summed E-state index contributed by atoms with van der Waals surface area (Å²) in [5.41, 5.74) is 0.0592. The van der Waals surface area contributed by atoms with Gasteiger partial charge in [0.15, 0.2) is 5.96 Å². The summed E-state index contributed by atoms with van der Waals surface area (Å²) < 4.78 is 33.4. The molecule has 0 radical (unpaired) electrons. The maximum absolute atomic E-state index is 13.9. The Morgan fingerprint density at radius 3 is 2.69 bits per heavy atom. The lowest BCUT2D eigenvalue weighted by Crippen LogP contribution is -2.45. The van der Waals surface area contributed by atoms with E-state index in [1.165, 1.54) is 18.2 Å². The molecule has 0 spiro atoms. The van der Waals surface area contributed by atoms with E-state index in [1.807, 2.05) is 0 Å². The Morgan fingerprint density at radius 1 is 1.27 bits per heavy atom. The van der Waals surface area contributed by atoms with Gasteiger partial charge in [-0.2, -0.15) is 0 Å². The topological polar surface area (TPSA) is 48.9 Å². The zero-order valence-electron chi connectivity index (χ0n) is 15.7.